The van der Waals surface area contributed by atoms with E-state index in [1.807, 2.05) is 42.5 Å². The number of hydrogen-bond acceptors (Lipinski definition) is 1. The van der Waals surface area contributed by atoms with Crippen molar-refractivity contribution in [3.63, 3.8) is 0 Å². The molecular weight excluding hydrogens is 656 g/mol. The number of furan rings is 1. The van der Waals surface area contributed by atoms with Crippen molar-refractivity contribution in [2.24, 2.45) is 0 Å². The molecule has 0 aliphatic rings. The molecule has 0 aliphatic heterocycles. The van der Waals surface area contributed by atoms with Crippen LogP contribution < -0.4 is 92.9 Å². The molecule has 216 valence electrons. The van der Waals surface area contributed by atoms with Gasteiger partial charge < -0.3 is 4.42 Å². The van der Waals surface area contributed by atoms with Crippen LogP contribution >= 0.6 is 0 Å². The minimum atomic E-state index is -0.112. The van der Waals surface area contributed by atoms with Crippen LogP contribution in [0.15, 0.2) is 46.9 Å². The summed E-state index contributed by atoms with van der Waals surface area (Å²) in [6.45, 7) is 0. The number of fused-ring (bicyclic) bond motifs is 5. The summed E-state index contributed by atoms with van der Waals surface area (Å²) in [5.74, 6) is 0. The highest BCUT2D eigenvalue weighted by Crippen LogP contribution is 2.44. The molecule has 56 heavy (non-hydrogen) atoms. The highest BCUT2D eigenvalue weighted by atomic mass is 16.3. The summed E-state index contributed by atoms with van der Waals surface area (Å²) in [6, 6.07) is 13.1. The van der Waals surface area contributed by atoms with Gasteiger partial charge in [-0.2, -0.15) is 0 Å². The molecule has 18 heteroatoms. The Morgan fingerprint density at radius 1 is 0.250 bits per heavy atom. The van der Waals surface area contributed by atoms with Crippen molar-refractivity contribution < 1.29 is 4.42 Å². The topological polar surface area (TPSA) is 13.1 Å². The molecule has 0 unspecified atom stereocenters. The summed E-state index contributed by atoms with van der Waals surface area (Å²) in [7, 11) is 113. The molecular formula is C38H7B17O. The maximum Gasteiger partial charge on any atom is 0.136 e. The van der Waals surface area contributed by atoms with Crippen LogP contribution in [0.4, 0.5) is 0 Å². The van der Waals surface area contributed by atoms with Gasteiger partial charge in [-0.15, -0.1) is 38.2 Å². The van der Waals surface area contributed by atoms with Gasteiger partial charge in [-0.1, -0.05) is 85.0 Å². The first-order valence-electron chi connectivity index (χ1n) is 16.9. The van der Waals surface area contributed by atoms with E-state index in [2.05, 4.69) is 0 Å². The Bertz CT molecular complexity index is 2970. The first-order valence-corrected chi connectivity index (χ1v) is 16.9. The molecule has 0 saturated heterocycles. The molecule has 34 radical (unpaired) electrons. The SMILES string of the molecule is [B]c1c([B])c([B])c(-c2c([B])c([B])c(-c3c4c([B])c([B])c([B])c([B])c4c(-c4cccc5oc6ccccc6c45)c4c([B])c([B])c([B])c([B])c34)c([B])c2[B])c([B])c1[B]. The average molecular weight is 663 g/mol. The lowest BCUT2D eigenvalue weighted by Gasteiger charge is -2.32. The molecule has 0 saturated carbocycles. The van der Waals surface area contributed by atoms with E-state index in [9.17, 15) is 0 Å². The Balaban J connectivity index is 1.67. The summed E-state index contributed by atoms with van der Waals surface area (Å²) in [5.41, 5.74) is 1.93. The van der Waals surface area contributed by atoms with Crippen molar-refractivity contribution in [2.45, 2.75) is 0 Å². The van der Waals surface area contributed by atoms with Gasteiger partial charge in [0.05, 0.1) is 0 Å². The van der Waals surface area contributed by atoms with Gasteiger partial charge in [-0.25, -0.2) is 0 Å². The summed E-state index contributed by atoms with van der Waals surface area (Å²) >= 11 is 0. The molecule has 7 aromatic carbocycles. The predicted octanol–water partition coefficient (Wildman–Crippen LogP) is -9.61. The van der Waals surface area contributed by atoms with Crippen LogP contribution in [0.25, 0.3) is 76.9 Å². The van der Waals surface area contributed by atoms with Gasteiger partial charge in [0.25, 0.3) is 0 Å². The molecule has 8 aromatic rings. The highest BCUT2D eigenvalue weighted by molar-refractivity contribution is 6.74. The van der Waals surface area contributed by atoms with Crippen LogP contribution in [-0.4, -0.2) is 133 Å². The van der Waals surface area contributed by atoms with Gasteiger partial charge in [-0.05, 0) is 67.1 Å². The molecule has 1 aromatic heterocycles. The zero-order chi connectivity index (χ0) is 40.6. The average Bonchev–Trinajstić information content (AvgIpc) is 3.58. The van der Waals surface area contributed by atoms with Gasteiger partial charge in [0.1, 0.15) is 145 Å². The van der Waals surface area contributed by atoms with E-state index in [0.717, 1.165) is 5.39 Å². The minimum absolute atomic E-state index is 0.000495. The van der Waals surface area contributed by atoms with Crippen LogP contribution in [-0.2, 0) is 0 Å². The molecule has 1 nitrogen and oxygen atoms in total. The van der Waals surface area contributed by atoms with Gasteiger partial charge in [-0.3, -0.25) is 0 Å². The summed E-state index contributed by atoms with van der Waals surface area (Å²) in [4.78, 5) is 0. The van der Waals surface area contributed by atoms with Crippen LogP contribution in [0, 0.1) is 0 Å². The second kappa shape index (κ2) is 13.5. The fourth-order valence-electron chi connectivity index (χ4n) is 7.94. The third-order valence-corrected chi connectivity index (χ3v) is 10.8. The standard InChI is InChI=1S/C38H7B17O/c39-22-15-13(9-5-3-7-11-12(9)8-4-1-2-6-10(8)56-11)16-18(25(42)35(52)33(50)23(16)40)14(17(15)24(41)34(51)32(22)49)19-26(43)28(45)20(29(46)27(19)44)21-30(47)36(53)38(55)37(54)31(21)48/h1-7H. The summed E-state index contributed by atoms with van der Waals surface area (Å²) in [5, 5.41) is 2.56. The second-order valence-corrected chi connectivity index (χ2v) is 13.7. The fraction of sp³-hybridized carbons (Fsp3) is 0. The van der Waals surface area contributed by atoms with E-state index < -0.39 is 0 Å². The van der Waals surface area contributed by atoms with Crippen LogP contribution in [0.3, 0.4) is 0 Å². The first kappa shape index (κ1) is 38.8. The number of para-hydroxylation sites is 1. The number of benzene rings is 7. The van der Waals surface area contributed by atoms with E-state index in [1.165, 1.54) is 0 Å². The largest absolute Gasteiger partial charge is 0.456 e. The molecule has 0 bridgehead atoms. The van der Waals surface area contributed by atoms with Crippen molar-refractivity contribution in [3.8, 4) is 33.4 Å². The van der Waals surface area contributed by atoms with Gasteiger partial charge in [0.2, 0.25) is 0 Å². The van der Waals surface area contributed by atoms with Gasteiger partial charge in [0.15, 0.2) is 0 Å². The summed E-state index contributed by atoms with van der Waals surface area (Å²) < 4.78 is 6.27. The van der Waals surface area contributed by atoms with Crippen molar-refractivity contribution in [2.75, 3.05) is 0 Å². The Labute approximate surface area is 348 Å². The zero-order valence-corrected chi connectivity index (χ0v) is 29.8. The van der Waals surface area contributed by atoms with E-state index >= 15 is 0 Å². The van der Waals surface area contributed by atoms with E-state index in [1.54, 1.807) is 0 Å². The molecule has 0 fully saturated rings. The van der Waals surface area contributed by atoms with Crippen LogP contribution in [0.2, 0.25) is 0 Å². The van der Waals surface area contributed by atoms with E-state index in [-0.39, 0.29) is 126 Å². The lowest BCUT2D eigenvalue weighted by atomic mass is 9.55. The molecule has 1 heterocycles. The quantitative estimate of drug-likeness (QED) is 0.135. The second-order valence-electron chi connectivity index (χ2n) is 13.7. The smallest absolute Gasteiger partial charge is 0.136 e. The number of rotatable bonds is 3. The number of hydrogen-bond donors (Lipinski definition) is 0. The van der Waals surface area contributed by atoms with Crippen LogP contribution in [0.1, 0.15) is 0 Å². The third-order valence-electron chi connectivity index (χ3n) is 10.8. The molecule has 8 rings (SSSR count). The third kappa shape index (κ3) is 5.12. The van der Waals surface area contributed by atoms with Crippen LogP contribution in [0.5, 0.6) is 0 Å². The molecule has 0 spiro atoms. The monoisotopic (exact) mass is 666 g/mol. The normalized spacial score (nSPS) is 11.7. The lowest BCUT2D eigenvalue weighted by Crippen LogP contribution is -2.57. The lowest BCUT2D eigenvalue weighted by molar-refractivity contribution is 0.669. The van der Waals surface area contributed by atoms with Crippen molar-refractivity contribution in [1.82, 2.24) is 0 Å². The molecule has 0 amide bonds. The molecule has 0 aliphatic carbocycles. The highest BCUT2D eigenvalue weighted by Gasteiger charge is 2.29. The van der Waals surface area contributed by atoms with Crippen molar-refractivity contribution in [3.05, 3.63) is 42.5 Å². The van der Waals surface area contributed by atoms with Gasteiger partial charge >= 0.3 is 0 Å². The zero-order valence-electron chi connectivity index (χ0n) is 29.8. The van der Waals surface area contributed by atoms with Crippen molar-refractivity contribution >= 4 is 270 Å². The Morgan fingerprint density at radius 3 is 1.02 bits per heavy atom. The Hall–Kier alpha value is -4.04. The fourth-order valence-corrected chi connectivity index (χ4v) is 7.94. The van der Waals surface area contributed by atoms with Gasteiger partial charge in [0, 0.05) is 10.8 Å². The van der Waals surface area contributed by atoms with E-state index in [4.69, 9.17) is 138 Å². The minimum Gasteiger partial charge on any atom is -0.456 e. The van der Waals surface area contributed by atoms with Crippen molar-refractivity contribution in [1.29, 1.82) is 0 Å². The Kier molecular flexibility index (Phi) is 9.38. The molecule has 0 atom stereocenters. The maximum absolute atomic E-state index is 7.00. The Morgan fingerprint density at radius 2 is 0.571 bits per heavy atom. The summed E-state index contributed by atoms with van der Waals surface area (Å²) in [6.07, 6.45) is 0. The maximum atomic E-state index is 7.00. The predicted molar refractivity (Wildman–Crippen MR) is 257 cm³/mol. The van der Waals surface area contributed by atoms with E-state index in [0.29, 0.717) is 38.5 Å². The molecule has 0 N–H and O–H groups in total. The first-order chi connectivity index (χ1) is 26.4.